The van der Waals surface area contributed by atoms with Gasteiger partial charge in [-0.05, 0) is 36.1 Å². The van der Waals surface area contributed by atoms with E-state index in [1.165, 1.54) is 36.8 Å². The molecule has 1 saturated heterocycles. The second kappa shape index (κ2) is 10.2. The summed E-state index contributed by atoms with van der Waals surface area (Å²) >= 11 is 0. The summed E-state index contributed by atoms with van der Waals surface area (Å²) in [7, 11) is -3.40. The van der Waals surface area contributed by atoms with Gasteiger partial charge in [-0.2, -0.15) is 4.31 Å². The fraction of sp³-hybridized carbons (Fsp3) is 0.478. The lowest BCUT2D eigenvalue weighted by Gasteiger charge is -2.34. The summed E-state index contributed by atoms with van der Waals surface area (Å²) in [5.41, 5.74) is 2.50. The monoisotopic (exact) mass is 400 g/mol. The fourth-order valence-corrected chi connectivity index (χ4v) is 5.12. The third-order valence-electron chi connectivity index (χ3n) is 5.46. The molecule has 3 rings (SSSR count). The van der Waals surface area contributed by atoms with E-state index in [0.717, 1.165) is 26.1 Å². The smallest absolute Gasteiger partial charge is 0.243 e. The minimum atomic E-state index is -3.40. The summed E-state index contributed by atoms with van der Waals surface area (Å²) in [6.07, 6.45) is 5.93. The van der Waals surface area contributed by atoms with Gasteiger partial charge in [0.25, 0.3) is 0 Å². The van der Waals surface area contributed by atoms with Crippen molar-refractivity contribution in [1.29, 1.82) is 0 Å². The first-order valence-electron chi connectivity index (χ1n) is 10.4. The molecule has 0 amide bonds. The van der Waals surface area contributed by atoms with Crippen molar-refractivity contribution in [1.82, 2.24) is 9.21 Å². The maximum absolute atomic E-state index is 13.0. The number of hydrogen-bond donors (Lipinski definition) is 0. The van der Waals surface area contributed by atoms with E-state index in [0.29, 0.717) is 18.0 Å². The van der Waals surface area contributed by atoms with Crippen LogP contribution in [0.15, 0.2) is 59.5 Å². The van der Waals surface area contributed by atoms with Gasteiger partial charge in [0.05, 0.1) is 4.90 Å². The van der Waals surface area contributed by atoms with Crippen molar-refractivity contribution in [3.63, 3.8) is 0 Å². The molecule has 1 aliphatic heterocycles. The Labute approximate surface area is 170 Å². The van der Waals surface area contributed by atoms with Crippen LogP contribution in [-0.2, 0) is 23.0 Å². The van der Waals surface area contributed by atoms with Crippen LogP contribution >= 0.6 is 0 Å². The third-order valence-corrected chi connectivity index (χ3v) is 7.37. The largest absolute Gasteiger partial charge is 0.296 e. The van der Waals surface area contributed by atoms with Crippen molar-refractivity contribution in [2.75, 3.05) is 26.2 Å². The zero-order chi connectivity index (χ0) is 19.8. The van der Waals surface area contributed by atoms with E-state index in [1.807, 2.05) is 30.3 Å². The molecule has 0 bridgehead atoms. The van der Waals surface area contributed by atoms with Crippen LogP contribution in [0.3, 0.4) is 0 Å². The first-order valence-corrected chi connectivity index (χ1v) is 11.9. The summed E-state index contributed by atoms with van der Waals surface area (Å²) in [4.78, 5) is 2.74. The van der Waals surface area contributed by atoms with Crippen LogP contribution in [0.2, 0.25) is 0 Å². The SMILES string of the molecule is CCCCCCc1ccc(S(=O)(=O)N2CCN(Cc3ccccc3)CC2)cc1. The number of benzene rings is 2. The molecular formula is C23H32N2O2S. The van der Waals surface area contributed by atoms with Crippen molar-refractivity contribution < 1.29 is 8.42 Å². The number of rotatable bonds is 9. The molecule has 0 N–H and O–H groups in total. The first kappa shape index (κ1) is 21.0. The van der Waals surface area contributed by atoms with Gasteiger partial charge >= 0.3 is 0 Å². The van der Waals surface area contributed by atoms with E-state index in [4.69, 9.17) is 0 Å². The average molecular weight is 401 g/mol. The molecule has 0 aromatic heterocycles. The van der Waals surface area contributed by atoms with Crippen LogP contribution in [0, 0.1) is 0 Å². The lowest BCUT2D eigenvalue weighted by molar-refractivity contribution is 0.181. The van der Waals surface area contributed by atoms with Gasteiger partial charge in [-0.1, -0.05) is 68.7 Å². The Morgan fingerprint density at radius 2 is 1.46 bits per heavy atom. The molecule has 0 aliphatic carbocycles. The van der Waals surface area contributed by atoms with Gasteiger partial charge in [-0.3, -0.25) is 4.90 Å². The summed E-state index contributed by atoms with van der Waals surface area (Å²) in [5, 5.41) is 0. The van der Waals surface area contributed by atoms with Gasteiger partial charge in [0.2, 0.25) is 10.0 Å². The maximum atomic E-state index is 13.0. The molecule has 0 spiro atoms. The van der Waals surface area contributed by atoms with Crippen LogP contribution in [0.1, 0.15) is 43.7 Å². The molecule has 1 heterocycles. The molecule has 1 aliphatic rings. The van der Waals surface area contributed by atoms with E-state index >= 15 is 0 Å². The number of unbranched alkanes of at least 4 members (excludes halogenated alkanes) is 3. The molecule has 0 saturated carbocycles. The van der Waals surface area contributed by atoms with Crippen molar-refractivity contribution in [3.8, 4) is 0 Å². The van der Waals surface area contributed by atoms with Crippen LogP contribution in [0.5, 0.6) is 0 Å². The van der Waals surface area contributed by atoms with Crippen molar-refractivity contribution in [2.45, 2.75) is 50.5 Å². The number of aryl methyl sites for hydroxylation is 1. The fourth-order valence-electron chi connectivity index (χ4n) is 3.70. The van der Waals surface area contributed by atoms with Gasteiger partial charge in [0.15, 0.2) is 0 Å². The Bertz CT molecular complexity index is 811. The number of piperazine rings is 1. The molecular weight excluding hydrogens is 368 g/mol. The number of nitrogens with zero attached hydrogens (tertiary/aromatic N) is 2. The summed E-state index contributed by atoms with van der Waals surface area (Å²) in [6, 6.07) is 17.9. The second-order valence-corrected chi connectivity index (χ2v) is 9.56. The van der Waals surface area contributed by atoms with E-state index in [2.05, 4.69) is 24.0 Å². The number of sulfonamides is 1. The Hall–Kier alpha value is -1.69. The molecule has 0 radical (unpaired) electrons. The summed E-state index contributed by atoms with van der Waals surface area (Å²) in [5.74, 6) is 0. The normalized spacial score (nSPS) is 16.3. The molecule has 5 heteroatoms. The zero-order valence-corrected chi connectivity index (χ0v) is 17.7. The Kier molecular flexibility index (Phi) is 7.65. The Balaban J connectivity index is 1.53. The van der Waals surface area contributed by atoms with Crippen molar-refractivity contribution in [2.24, 2.45) is 0 Å². The maximum Gasteiger partial charge on any atom is 0.243 e. The van der Waals surface area contributed by atoms with Crippen LogP contribution in [0.4, 0.5) is 0 Å². The molecule has 1 fully saturated rings. The van der Waals surface area contributed by atoms with Gasteiger partial charge < -0.3 is 0 Å². The highest BCUT2D eigenvalue weighted by Gasteiger charge is 2.28. The van der Waals surface area contributed by atoms with E-state index in [-0.39, 0.29) is 0 Å². The minimum Gasteiger partial charge on any atom is -0.296 e. The van der Waals surface area contributed by atoms with Gasteiger partial charge in [0.1, 0.15) is 0 Å². The van der Waals surface area contributed by atoms with Gasteiger partial charge in [-0.25, -0.2) is 8.42 Å². The quantitative estimate of drug-likeness (QED) is 0.589. The van der Waals surface area contributed by atoms with Gasteiger partial charge in [-0.15, -0.1) is 0 Å². The topological polar surface area (TPSA) is 40.6 Å². The Morgan fingerprint density at radius 3 is 2.11 bits per heavy atom. The third kappa shape index (κ3) is 5.66. The van der Waals surface area contributed by atoms with Gasteiger partial charge in [0, 0.05) is 32.7 Å². The molecule has 0 unspecified atom stereocenters. The Morgan fingerprint density at radius 1 is 0.786 bits per heavy atom. The summed E-state index contributed by atoms with van der Waals surface area (Å²) in [6.45, 7) is 5.72. The second-order valence-electron chi connectivity index (χ2n) is 7.62. The first-order chi connectivity index (χ1) is 13.6. The van der Waals surface area contributed by atoms with Crippen LogP contribution < -0.4 is 0 Å². The van der Waals surface area contributed by atoms with Crippen molar-refractivity contribution in [3.05, 3.63) is 65.7 Å². The molecule has 0 atom stereocenters. The molecule has 2 aromatic carbocycles. The number of hydrogen-bond acceptors (Lipinski definition) is 3. The highest BCUT2D eigenvalue weighted by atomic mass is 32.2. The van der Waals surface area contributed by atoms with E-state index in [9.17, 15) is 8.42 Å². The summed E-state index contributed by atoms with van der Waals surface area (Å²) < 4.78 is 27.6. The molecule has 152 valence electrons. The average Bonchev–Trinajstić information content (AvgIpc) is 2.73. The highest BCUT2D eigenvalue weighted by Crippen LogP contribution is 2.20. The molecule has 2 aromatic rings. The van der Waals surface area contributed by atoms with E-state index < -0.39 is 10.0 Å². The van der Waals surface area contributed by atoms with Crippen molar-refractivity contribution >= 4 is 10.0 Å². The molecule has 4 nitrogen and oxygen atoms in total. The lowest BCUT2D eigenvalue weighted by Crippen LogP contribution is -2.48. The van der Waals surface area contributed by atoms with E-state index in [1.54, 1.807) is 16.4 Å². The zero-order valence-electron chi connectivity index (χ0n) is 16.9. The van der Waals surface area contributed by atoms with Crippen LogP contribution in [0.25, 0.3) is 0 Å². The lowest BCUT2D eigenvalue weighted by atomic mass is 10.1. The van der Waals surface area contributed by atoms with Crippen LogP contribution in [-0.4, -0.2) is 43.8 Å². The minimum absolute atomic E-state index is 0.418. The predicted octanol–water partition coefficient (Wildman–Crippen LogP) is 4.32. The standard InChI is InChI=1S/C23H32N2O2S/c1-2-3-4-6-9-21-12-14-23(15-13-21)28(26,27)25-18-16-24(17-19-25)20-22-10-7-5-8-11-22/h5,7-8,10-15H,2-4,6,9,16-20H2,1H3. The highest BCUT2D eigenvalue weighted by molar-refractivity contribution is 7.89. The molecule has 28 heavy (non-hydrogen) atoms. The predicted molar refractivity (Wildman–Crippen MR) is 115 cm³/mol.